The number of morpholine rings is 1. The second kappa shape index (κ2) is 10.6. The maximum Gasteiger partial charge on any atom is 0.262 e. The molecule has 0 saturated carbocycles. The quantitative estimate of drug-likeness (QED) is 0.353. The average molecular weight is 418 g/mol. The molecule has 1 amide bonds. The third-order valence-electron chi connectivity index (χ3n) is 5.01. The third-order valence-corrected chi connectivity index (χ3v) is 6.10. The first-order valence-electron chi connectivity index (χ1n) is 10.1. The number of nitrogens with zero attached hydrogens (tertiary/aromatic N) is 2. The molecule has 2 N–H and O–H groups in total. The number of rotatable bonds is 9. The van der Waals surface area contributed by atoms with Gasteiger partial charge in [-0.25, -0.2) is 4.98 Å². The Labute approximate surface area is 175 Å². The number of para-hydroxylation sites is 1. The maximum absolute atomic E-state index is 13.1. The molecule has 1 aliphatic rings. The zero-order valence-corrected chi connectivity index (χ0v) is 17.7. The van der Waals surface area contributed by atoms with Crippen molar-refractivity contribution < 1.29 is 14.4 Å². The molecule has 2 aromatic rings. The lowest BCUT2D eigenvalue weighted by Gasteiger charge is -2.24. The summed E-state index contributed by atoms with van der Waals surface area (Å²) in [6.07, 6.45) is 2.52. The first kappa shape index (κ1) is 21.5. The summed E-state index contributed by atoms with van der Waals surface area (Å²) in [7, 11) is 0. The molecule has 156 valence electrons. The van der Waals surface area contributed by atoms with Crippen molar-refractivity contribution in [2.24, 2.45) is 0 Å². The van der Waals surface area contributed by atoms with Gasteiger partial charge in [0.05, 0.1) is 35.9 Å². The average Bonchev–Trinajstić information content (AvgIpc) is 2.74. The van der Waals surface area contributed by atoms with Crippen LogP contribution in [0.4, 0.5) is 0 Å². The van der Waals surface area contributed by atoms with E-state index in [4.69, 9.17) is 9.72 Å². The Morgan fingerprint density at radius 3 is 2.93 bits per heavy atom. The number of carbonyl (C=O) groups excluding carboxylic acids is 1. The van der Waals surface area contributed by atoms with E-state index >= 15 is 0 Å². The normalized spacial score (nSPS) is 15.9. The summed E-state index contributed by atoms with van der Waals surface area (Å²) >= 11 is 1.32. The number of fused-ring (bicyclic) bond motifs is 1. The highest BCUT2D eigenvalue weighted by atomic mass is 32.2. The molecule has 0 unspecified atom stereocenters. The van der Waals surface area contributed by atoms with E-state index in [2.05, 4.69) is 11.9 Å². The molecule has 3 rings (SSSR count). The molecule has 1 fully saturated rings. The van der Waals surface area contributed by atoms with Gasteiger partial charge >= 0.3 is 0 Å². The van der Waals surface area contributed by atoms with Crippen molar-refractivity contribution >= 4 is 28.6 Å². The highest BCUT2D eigenvalue weighted by Gasteiger charge is 2.20. The predicted molar refractivity (Wildman–Crippen MR) is 116 cm³/mol. The number of hydrogen-bond acceptors (Lipinski definition) is 5. The van der Waals surface area contributed by atoms with E-state index in [1.165, 1.54) is 16.7 Å². The maximum atomic E-state index is 13.1. The second-order valence-corrected chi connectivity index (χ2v) is 8.44. The zero-order valence-electron chi connectivity index (χ0n) is 16.9. The Bertz CT molecular complexity index is 908. The van der Waals surface area contributed by atoms with Crippen LogP contribution in [0.1, 0.15) is 13.3 Å². The van der Waals surface area contributed by atoms with Gasteiger partial charge in [-0.1, -0.05) is 30.0 Å². The number of benzene rings is 1. The molecule has 7 nitrogen and oxygen atoms in total. The number of hydrogen-bond donors (Lipinski definition) is 2. The lowest BCUT2D eigenvalue weighted by molar-refractivity contribution is -0.908. The van der Waals surface area contributed by atoms with Crippen LogP contribution in [0, 0.1) is 0 Å². The second-order valence-electron chi connectivity index (χ2n) is 7.13. The number of quaternary nitrogens is 1. The van der Waals surface area contributed by atoms with Gasteiger partial charge in [0, 0.05) is 19.5 Å². The van der Waals surface area contributed by atoms with Crippen LogP contribution in [0.15, 0.2) is 46.9 Å². The number of aromatic nitrogens is 2. The molecule has 1 aromatic heterocycles. The molecule has 0 bridgehead atoms. The standard InChI is InChI=1S/C21H28N4O3S/c1-3-9-22-19(26)16(2)29-21-23-18-8-5-4-7-17(18)20(27)25(21)11-6-10-24-12-14-28-15-13-24/h3-5,7-8,16H,1,6,9-15H2,2H3,(H,22,26)/p+1/t16-/m1/s1. The molecule has 1 saturated heterocycles. The molecule has 8 heteroatoms. The van der Waals surface area contributed by atoms with Crippen molar-refractivity contribution in [1.82, 2.24) is 14.9 Å². The Morgan fingerprint density at radius 2 is 2.17 bits per heavy atom. The van der Waals surface area contributed by atoms with Gasteiger partial charge in [-0.15, -0.1) is 6.58 Å². The molecule has 1 aromatic carbocycles. The summed E-state index contributed by atoms with van der Waals surface area (Å²) in [6.45, 7) is 11.0. The van der Waals surface area contributed by atoms with Gasteiger partial charge in [0.2, 0.25) is 5.91 Å². The molecule has 0 aliphatic carbocycles. The van der Waals surface area contributed by atoms with Crippen LogP contribution in [0.25, 0.3) is 10.9 Å². The highest BCUT2D eigenvalue weighted by molar-refractivity contribution is 8.00. The number of nitrogens with one attached hydrogen (secondary N) is 2. The van der Waals surface area contributed by atoms with Crippen molar-refractivity contribution in [2.75, 3.05) is 39.4 Å². The lowest BCUT2D eigenvalue weighted by Crippen LogP contribution is -3.14. The summed E-state index contributed by atoms with van der Waals surface area (Å²) in [5, 5.41) is 3.64. The van der Waals surface area contributed by atoms with Crippen LogP contribution in [-0.4, -0.2) is 60.1 Å². The lowest BCUT2D eigenvalue weighted by atomic mass is 10.2. The molecule has 1 aliphatic heterocycles. The Balaban J connectivity index is 1.79. The molecule has 29 heavy (non-hydrogen) atoms. The SMILES string of the molecule is C=CCNC(=O)[C@@H](C)Sc1nc2ccccc2c(=O)n1CCC[NH+]1CCOCC1. The molecule has 2 heterocycles. The van der Waals surface area contributed by atoms with E-state index < -0.39 is 0 Å². The topological polar surface area (TPSA) is 77.7 Å². The number of thioether (sulfide) groups is 1. The number of ether oxygens (including phenoxy) is 1. The van der Waals surface area contributed by atoms with E-state index in [1.807, 2.05) is 31.2 Å². The first-order valence-corrected chi connectivity index (χ1v) is 10.9. The summed E-state index contributed by atoms with van der Waals surface area (Å²) in [5.41, 5.74) is 0.613. The van der Waals surface area contributed by atoms with Crippen LogP contribution in [-0.2, 0) is 16.1 Å². The smallest absolute Gasteiger partial charge is 0.262 e. The fourth-order valence-electron chi connectivity index (χ4n) is 3.36. The minimum absolute atomic E-state index is 0.0474. The van der Waals surface area contributed by atoms with Crippen LogP contribution in [0.5, 0.6) is 0 Å². The van der Waals surface area contributed by atoms with Crippen molar-refractivity contribution in [3.63, 3.8) is 0 Å². The van der Waals surface area contributed by atoms with Crippen LogP contribution in [0.3, 0.4) is 0 Å². The van der Waals surface area contributed by atoms with E-state index in [-0.39, 0.29) is 16.7 Å². The predicted octanol–water partition coefficient (Wildman–Crippen LogP) is 0.485. The van der Waals surface area contributed by atoms with Gasteiger partial charge in [-0.2, -0.15) is 0 Å². The largest absolute Gasteiger partial charge is 0.370 e. The van der Waals surface area contributed by atoms with E-state index in [9.17, 15) is 9.59 Å². The minimum Gasteiger partial charge on any atom is -0.370 e. The first-order chi connectivity index (χ1) is 14.1. The molecule has 1 atom stereocenters. The number of carbonyl (C=O) groups is 1. The van der Waals surface area contributed by atoms with Crippen LogP contribution < -0.4 is 15.8 Å². The van der Waals surface area contributed by atoms with Crippen molar-refractivity contribution in [1.29, 1.82) is 0 Å². The fourth-order valence-corrected chi connectivity index (χ4v) is 4.32. The summed E-state index contributed by atoms with van der Waals surface area (Å²) < 4.78 is 7.14. The summed E-state index contributed by atoms with van der Waals surface area (Å²) in [5.74, 6) is -0.0957. The zero-order chi connectivity index (χ0) is 20.6. The van der Waals surface area contributed by atoms with Crippen molar-refractivity contribution in [3.05, 3.63) is 47.3 Å². The fraction of sp³-hybridized carbons (Fsp3) is 0.476. The molecule has 0 radical (unpaired) electrons. The monoisotopic (exact) mass is 417 g/mol. The minimum atomic E-state index is -0.362. The van der Waals surface area contributed by atoms with Gasteiger partial charge in [0.1, 0.15) is 13.1 Å². The van der Waals surface area contributed by atoms with Gasteiger partial charge in [-0.3, -0.25) is 14.2 Å². The van der Waals surface area contributed by atoms with Gasteiger partial charge in [0.25, 0.3) is 5.56 Å². The summed E-state index contributed by atoms with van der Waals surface area (Å²) in [4.78, 5) is 31.6. The number of amides is 1. The van der Waals surface area contributed by atoms with Crippen molar-refractivity contribution in [3.8, 4) is 0 Å². The summed E-state index contributed by atoms with van der Waals surface area (Å²) in [6, 6.07) is 7.37. The Hall–Kier alpha value is -2.16. The van der Waals surface area contributed by atoms with Crippen LogP contribution >= 0.6 is 11.8 Å². The molecular weight excluding hydrogens is 388 g/mol. The van der Waals surface area contributed by atoms with Gasteiger partial charge in [0.15, 0.2) is 5.16 Å². The third kappa shape index (κ3) is 5.68. The van der Waals surface area contributed by atoms with E-state index in [0.29, 0.717) is 29.1 Å². The highest BCUT2D eigenvalue weighted by Crippen LogP contribution is 2.22. The van der Waals surface area contributed by atoms with E-state index in [0.717, 1.165) is 39.3 Å². The molecule has 0 spiro atoms. The molecular formula is C21H29N4O3S+. The van der Waals surface area contributed by atoms with Crippen molar-refractivity contribution in [2.45, 2.75) is 30.3 Å². The van der Waals surface area contributed by atoms with Crippen LogP contribution in [0.2, 0.25) is 0 Å². The van der Waals surface area contributed by atoms with Gasteiger partial charge < -0.3 is 15.0 Å². The Kier molecular flexibility index (Phi) is 7.85. The Morgan fingerprint density at radius 1 is 1.41 bits per heavy atom. The van der Waals surface area contributed by atoms with E-state index in [1.54, 1.807) is 10.6 Å². The van der Waals surface area contributed by atoms with Gasteiger partial charge in [-0.05, 0) is 19.1 Å².